The Balaban J connectivity index is 2.15. The largest absolute Gasteiger partial charge is 0.454 e. The van der Waals surface area contributed by atoms with E-state index in [1.165, 1.54) is 11.5 Å². The SMILES string of the molecule is CC(C)(O)C(C)(C)OB(O)CCCCCc1csnn1. The summed E-state index contributed by atoms with van der Waals surface area (Å²) in [7, 11) is -0.836. The molecule has 114 valence electrons. The third kappa shape index (κ3) is 5.87. The first-order chi connectivity index (χ1) is 9.22. The molecule has 1 aromatic rings. The lowest BCUT2D eigenvalue weighted by atomic mass is 9.78. The van der Waals surface area contributed by atoms with Crippen LogP contribution in [-0.2, 0) is 11.1 Å². The molecule has 7 heteroatoms. The lowest BCUT2D eigenvalue weighted by Gasteiger charge is -2.38. The minimum Gasteiger partial charge on any atom is -0.427 e. The van der Waals surface area contributed by atoms with Gasteiger partial charge < -0.3 is 14.8 Å². The van der Waals surface area contributed by atoms with Crippen molar-refractivity contribution >= 4 is 18.7 Å². The van der Waals surface area contributed by atoms with Crippen LogP contribution in [0.2, 0.25) is 6.32 Å². The van der Waals surface area contributed by atoms with Crippen molar-refractivity contribution in [3.8, 4) is 0 Å². The Hall–Kier alpha value is -0.495. The van der Waals surface area contributed by atoms with Crippen LogP contribution in [0.25, 0.3) is 0 Å². The maximum absolute atomic E-state index is 9.96. The van der Waals surface area contributed by atoms with Crippen molar-refractivity contribution in [3.63, 3.8) is 0 Å². The number of aromatic nitrogens is 2. The van der Waals surface area contributed by atoms with Gasteiger partial charge in [0.1, 0.15) is 0 Å². The van der Waals surface area contributed by atoms with Crippen molar-refractivity contribution in [2.24, 2.45) is 0 Å². The molecule has 1 heterocycles. The van der Waals surface area contributed by atoms with Crippen molar-refractivity contribution in [2.75, 3.05) is 0 Å². The Morgan fingerprint density at radius 1 is 1.25 bits per heavy atom. The normalized spacial score (nSPS) is 12.7. The van der Waals surface area contributed by atoms with Gasteiger partial charge in [0.15, 0.2) is 0 Å². The fraction of sp³-hybridized carbons (Fsp3) is 0.846. The van der Waals surface area contributed by atoms with E-state index in [-0.39, 0.29) is 0 Å². The predicted molar refractivity (Wildman–Crippen MR) is 81.7 cm³/mol. The number of hydrogen-bond acceptors (Lipinski definition) is 6. The monoisotopic (exact) mass is 300 g/mol. The highest BCUT2D eigenvalue weighted by atomic mass is 32.1. The summed E-state index contributed by atoms with van der Waals surface area (Å²) in [5.74, 6) is 0. The van der Waals surface area contributed by atoms with Gasteiger partial charge in [-0.1, -0.05) is 17.3 Å². The second-order valence-electron chi connectivity index (χ2n) is 6.14. The van der Waals surface area contributed by atoms with Gasteiger partial charge in [0.25, 0.3) is 0 Å². The first-order valence-corrected chi connectivity index (χ1v) is 7.90. The van der Waals surface area contributed by atoms with Crippen molar-refractivity contribution in [1.82, 2.24) is 9.59 Å². The van der Waals surface area contributed by atoms with Crippen molar-refractivity contribution in [3.05, 3.63) is 11.1 Å². The molecule has 0 aliphatic rings. The van der Waals surface area contributed by atoms with Crippen molar-refractivity contribution in [2.45, 2.75) is 70.9 Å². The summed E-state index contributed by atoms with van der Waals surface area (Å²) in [6.45, 7) is 6.93. The van der Waals surface area contributed by atoms with Crippen LogP contribution in [0.15, 0.2) is 5.38 Å². The number of aliphatic hydroxyl groups is 1. The van der Waals surface area contributed by atoms with Crippen molar-refractivity contribution in [1.29, 1.82) is 0 Å². The Morgan fingerprint density at radius 2 is 1.95 bits per heavy atom. The van der Waals surface area contributed by atoms with Gasteiger partial charge in [-0.2, -0.15) is 0 Å². The lowest BCUT2D eigenvalue weighted by molar-refractivity contribution is -0.1000. The summed E-state index contributed by atoms with van der Waals surface area (Å²) in [6.07, 6.45) is 4.45. The molecule has 0 atom stereocenters. The molecule has 0 bridgehead atoms. The quantitative estimate of drug-likeness (QED) is 0.540. The molecule has 0 spiro atoms. The molecule has 0 saturated heterocycles. The fourth-order valence-corrected chi connectivity index (χ4v) is 2.12. The highest BCUT2D eigenvalue weighted by molar-refractivity contribution is 7.03. The molecule has 0 unspecified atom stereocenters. The molecular formula is C13H25BN2O3S. The number of aryl methyl sites for hydroxylation is 1. The molecule has 0 radical (unpaired) electrons. The predicted octanol–water partition coefficient (Wildman–Crippen LogP) is 2.30. The molecule has 0 aliphatic heterocycles. The summed E-state index contributed by atoms with van der Waals surface area (Å²) in [5, 5.41) is 25.8. The average molecular weight is 300 g/mol. The summed E-state index contributed by atoms with van der Waals surface area (Å²) in [6, 6.07) is 0. The minimum atomic E-state index is -0.994. The molecule has 5 nitrogen and oxygen atoms in total. The highest BCUT2D eigenvalue weighted by Crippen LogP contribution is 2.26. The summed E-state index contributed by atoms with van der Waals surface area (Å²) in [5.41, 5.74) is -0.737. The fourth-order valence-electron chi connectivity index (χ4n) is 1.64. The Kier molecular flexibility index (Phi) is 6.58. The van der Waals surface area contributed by atoms with Gasteiger partial charge in [-0.3, -0.25) is 0 Å². The van der Waals surface area contributed by atoms with Gasteiger partial charge in [-0.25, -0.2) is 0 Å². The first-order valence-electron chi connectivity index (χ1n) is 7.06. The Morgan fingerprint density at radius 3 is 2.50 bits per heavy atom. The first kappa shape index (κ1) is 17.6. The van der Waals surface area contributed by atoms with E-state index in [0.29, 0.717) is 6.32 Å². The van der Waals surface area contributed by atoms with E-state index in [1.807, 2.05) is 5.38 Å². The van der Waals surface area contributed by atoms with E-state index in [2.05, 4.69) is 9.59 Å². The number of rotatable bonds is 9. The number of unbranched alkanes of at least 4 members (excludes halogenated alkanes) is 2. The van der Waals surface area contributed by atoms with Gasteiger partial charge in [-0.05, 0) is 58.4 Å². The molecule has 0 amide bonds. The average Bonchev–Trinajstić information content (AvgIpc) is 2.79. The topological polar surface area (TPSA) is 75.5 Å². The highest BCUT2D eigenvalue weighted by Gasteiger charge is 2.38. The van der Waals surface area contributed by atoms with E-state index in [1.54, 1.807) is 27.7 Å². The second-order valence-corrected chi connectivity index (χ2v) is 6.75. The maximum Gasteiger partial charge on any atom is 0.454 e. The molecule has 2 N–H and O–H groups in total. The Labute approximate surface area is 125 Å². The molecular weight excluding hydrogens is 275 g/mol. The summed E-state index contributed by atoms with van der Waals surface area (Å²) < 4.78 is 9.36. The van der Waals surface area contributed by atoms with E-state index in [0.717, 1.165) is 31.4 Å². The molecule has 0 aromatic carbocycles. The van der Waals surface area contributed by atoms with Crippen LogP contribution in [0, 0.1) is 0 Å². The van der Waals surface area contributed by atoms with Crippen LogP contribution in [-0.4, -0.2) is 38.0 Å². The van der Waals surface area contributed by atoms with Gasteiger partial charge >= 0.3 is 7.12 Å². The number of hydrogen-bond donors (Lipinski definition) is 2. The third-order valence-corrected chi connectivity index (χ3v) is 4.25. The molecule has 0 fully saturated rings. The molecule has 0 aliphatic carbocycles. The van der Waals surface area contributed by atoms with E-state index in [9.17, 15) is 10.1 Å². The minimum absolute atomic E-state index is 0.578. The number of nitrogens with zero attached hydrogens (tertiary/aromatic N) is 2. The van der Waals surface area contributed by atoms with Crippen LogP contribution in [0.4, 0.5) is 0 Å². The van der Waals surface area contributed by atoms with Gasteiger partial charge in [0.05, 0.1) is 16.9 Å². The van der Waals surface area contributed by atoms with E-state index < -0.39 is 18.3 Å². The zero-order chi connectivity index (χ0) is 15.2. The Bertz CT molecular complexity index is 379. The van der Waals surface area contributed by atoms with E-state index in [4.69, 9.17) is 4.65 Å². The summed E-state index contributed by atoms with van der Waals surface area (Å²) >= 11 is 1.37. The zero-order valence-electron chi connectivity index (χ0n) is 12.8. The molecule has 0 saturated carbocycles. The molecule has 20 heavy (non-hydrogen) atoms. The van der Waals surface area contributed by atoms with Crippen LogP contribution >= 0.6 is 11.5 Å². The standard InChI is InChI=1S/C13H25BN2O3S/c1-12(2,17)13(3,4)19-14(18)9-7-5-6-8-11-10-20-16-15-11/h10,17-18H,5-9H2,1-4H3. The van der Waals surface area contributed by atoms with Crippen molar-refractivity contribution < 1.29 is 14.8 Å². The van der Waals surface area contributed by atoms with E-state index >= 15 is 0 Å². The lowest BCUT2D eigenvalue weighted by Crippen LogP contribution is -2.50. The maximum atomic E-state index is 9.96. The van der Waals surface area contributed by atoms with Crippen LogP contribution in [0.1, 0.15) is 52.7 Å². The zero-order valence-corrected chi connectivity index (χ0v) is 13.6. The van der Waals surface area contributed by atoms with Gasteiger partial charge in [0, 0.05) is 5.38 Å². The summed E-state index contributed by atoms with van der Waals surface area (Å²) in [4.78, 5) is 0. The molecule has 1 rings (SSSR count). The van der Waals surface area contributed by atoms with Gasteiger partial charge in [0.2, 0.25) is 0 Å². The van der Waals surface area contributed by atoms with Crippen LogP contribution in [0.3, 0.4) is 0 Å². The second kappa shape index (κ2) is 7.50. The molecule has 1 aromatic heterocycles. The smallest absolute Gasteiger partial charge is 0.427 e. The van der Waals surface area contributed by atoms with Gasteiger partial charge in [-0.15, -0.1) is 5.10 Å². The third-order valence-electron chi connectivity index (χ3n) is 3.69. The van der Waals surface area contributed by atoms with Crippen LogP contribution in [0.5, 0.6) is 0 Å². The van der Waals surface area contributed by atoms with Crippen LogP contribution < -0.4 is 0 Å².